The van der Waals surface area contributed by atoms with Crippen LogP contribution in [0.15, 0.2) is 73.8 Å². The molecule has 0 aromatic heterocycles. The van der Waals surface area contributed by atoms with Gasteiger partial charge in [0.2, 0.25) is 11.8 Å². The minimum atomic E-state index is -0.899. The van der Waals surface area contributed by atoms with Crippen LogP contribution in [-0.2, 0) is 14.4 Å². The molecule has 3 amide bonds. The molecule has 0 radical (unpaired) electrons. The van der Waals surface area contributed by atoms with Crippen LogP contribution < -0.4 is 4.90 Å². The number of likely N-dealkylation sites (tertiary alicyclic amines) is 1. The van der Waals surface area contributed by atoms with Gasteiger partial charge in [0.25, 0.3) is 5.91 Å². The largest absolute Gasteiger partial charge is 0.394 e. The summed E-state index contributed by atoms with van der Waals surface area (Å²) in [5.74, 6) is -1.90. The number of amides is 3. The summed E-state index contributed by atoms with van der Waals surface area (Å²) in [5, 5.41) is 10.6. The Hall–Kier alpha value is -2.88. The average Bonchev–Trinajstić information content (AvgIpc) is 3.56. The van der Waals surface area contributed by atoms with Crippen molar-refractivity contribution in [3.63, 3.8) is 0 Å². The van der Waals surface area contributed by atoms with Crippen LogP contribution in [0.4, 0.5) is 5.69 Å². The highest BCUT2D eigenvalue weighted by Gasteiger charge is 2.76. The molecule has 42 heavy (non-hydrogen) atoms. The lowest BCUT2D eigenvalue weighted by atomic mass is 9.70. The average molecular weight is 653 g/mol. The van der Waals surface area contributed by atoms with Gasteiger partial charge >= 0.3 is 0 Å². The number of aliphatic hydroxyl groups excluding tert-OH is 1. The smallest absolute Gasteiger partial charge is 0.251 e. The SMILES string of the molecule is C=CCN(C)C(=O)[C@H]1[C@H]2C(=O)N([C@H](CO)c3ccccc3)C(C(=O)N(CC=C)c3c(C)cccc3C)C23CC(Br)[C@@H]1S3. The number of para-hydroxylation sites is 1. The molecule has 2 bridgehead atoms. The second-order valence-electron chi connectivity index (χ2n) is 11.5. The summed E-state index contributed by atoms with van der Waals surface area (Å²) in [6.07, 6.45) is 3.93. The van der Waals surface area contributed by atoms with E-state index in [1.54, 1.807) is 45.7 Å². The van der Waals surface area contributed by atoms with E-state index in [1.165, 1.54) is 0 Å². The third kappa shape index (κ3) is 4.74. The lowest BCUT2D eigenvalue weighted by Crippen LogP contribution is -2.56. The molecule has 3 aliphatic rings. The number of likely N-dealkylation sites (N-methyl/N-ethyl adjacent to an activating group) is 1. The summed E-state index contributed by atoms with van der Waals surface area (Å²) in [5.41, 5.74) is 3.42. The second-order valence-corrected chi connectivity index (χ2v) is 14.2. The van der Waals surface area contributed by atoms with E-state index in [-0.39, 0.29) is 41.0 Å². The molecule has 5 rings (SSSR count). The van der Waals surface area contributed by atoms with Crippen molar-refractivity contribution in [3.8, 4) is 0 Å². The van der Waals surface area contributed by atoms with Gasteiger partial charge < -0.3 is 19.8 Å². The van der Waals surface area contributed by atoms with E-state index in [0.717, 1.165) is 22.4 Å². The number of carbonyl (C=O) groups excluding carboxylic acids is 3. The summed E-state index contributed by atoms with van der Waals surface area (Å²) in [6.45, 7) is 11.9. The molecule has 7 atom stereocenters. The van der Waals surface area contributed by atoms with Crippen molar-refractivity contribution in [1.82, 2.24) is 9.80 Å². The Bertz CT molecular complexity index is 1380. The first-order valence-corrected chi connectivity index (χ1v) is 16.1. The maximum Gasteiger partial charge on any atom is 0.251 e. The number of carbonyl (C=O) groups is 3. The third-order valence-electron chi connectivity index (χ3n) is 9.01. The summed E-state index contributed by atoms with van der Waals surface area (Å²) >= 11 is 5.44. The number of hydrogen-bond donors (Lipinski definition) is 1. The van der Waals surface area contributed by atoms with Gasteiger partial charge in [-0.25, -0.2) is 0 Å². The zero-order valence-electron chi connectivity index (χ0n) is 24.3. The van der Waals surface area contributed by atoms with Gasteiger partial charge in [0.05, 0.1) is 29.2 Å². The molecule has 0 aliphatic carbocycles. The first-order chi connectivity index (χ1) is 20.1. The molecular weight excluding hydrogens is 614 g/mol. The molecule has 2 aromatic rings. The fourth-order valence-corrected chi connectivity index (χ4v) is 10.9. The van der Waals surface area contributed by atoms with Crippen molar-refractivity contribution < 1.29 is 19.5 Å². The Labute approximate surface area is 260 Å². The summed E-state index contributed by atoms with van der Waals surface area (Å²) in [6, 6.07) is 13.6. The normalized spacial score (nSPS) is 28.4. The number of nitrogens with zero attached hydrogens (tertiary/aromatic N) is 3. The molecule has 1 spiro atoms. The predicted octanol–water partition coefficient (Wildman–Crippen LogP) is 4.67. The molecule has 2 aromatic carbocycles. The highest BCUT2D eigenvalue weighted by molar-refractivity contribution is 9.09. The van der Waals surface area contributed by atoms with Crippen LogP contribution in [-0.4, -0.2) is 80.2 Å². The summed E-state index contributed by atoms with van der Waals surface area (Å²) in [4.78, 5) is 48.6. The number of halogens is 1. The number of hydrogen-bond acceptors (Lipinski definition) is 5. The maximum atomic E-state index is 15.1. The zero-order chi connectivity index (χ0) is 30.3. The maximum absolute atomic E-state index is 15.1. The number of alkyl halides is 1. The predicted molar refractivity (Wildman–Crippen MR) is 172 cm³/mol. The van der Waals surface area contributed by atoms with Gasteiger partial charge in [0, 0.05) is 35.9 Å². The van der Waals surface area contributed by atoms with Gasteiger partial charge in [-0.3, -0.25) is 14.4 Å². The molecule has 3 heterocycles. The van der Waals surface area contributed by atoms with Crippen molar-refractivity contribution >= 4 is 51.1 Å². The number of thioether (sulfide) groups is 1. The van der Waals surface area contributed by atoms with Crippen molar-refractivity contribution in [2.24, 2.45) is 11.8 Å². The molecular formula is C33H38BrN3O4S. The molecule has 3 fully saturated rings. The summed E-state index contributed by atoms with van der Waals surface area (Å²) < 4.78 is -0.847. The van der Waals surface area contributed by atoms with Gasteiger partial charge in [-0.05, 0) is 37.0 Å². The molecule has 9 heteroatoms. The van der Waals surface area contributed by atoms with E-state index in [2.05, 4.69) is 29.1 Å². The number of anilines is 1. The Kier molecular flexibility index (Phi) is 8.75. The first-order valence-electron chi connectivity index (χ1n) is 14.3. The Balaban J connectivity index is 1.69. The fraction of sp³-hybridized carbons (Fsp3) is 0.424. The molecule has 222 valence electrons. The number of aliphatic hydroxyl groups is 1. The molecule has 3 saturated heterocycles. The van der Waals surface area contributed by atoms with Gasteiger partial charge in [-0.1, -0.05) is 76.6 Å². The van der Waals surface area contributed by atoms with Crippen LogP contribution in [0.5, 0.6) is 0 Å². The highest BCUT2D eigenvalue weighted by Crippen LogP contribution is 2.68. The lowest BCUT2D eigenvalue weighted by Gasteiger charge is -2.40. The topological polar surface area (TPSA) is 81.2 Å². The van der Waals surface area contributed by atoms with Crippen LogP contribution >= 0.6 is 27.7 Å². The summed E-state index contributed by atoms with van der Waals surface area (Å²) in [7, 11) is 1.73. The van der Waals surface area contributed by atoms with Crippen LogP contribution in [0.1, 0.15) is 29.2 Å². The zero-order valence-corrected chi connectivity index (χ0v) is 26.7. The van der Waals surface area contributed by atoms with Gasteiger partial charge in [0.1, 0.15) is 6.04 Å². The lowest BCUT2D eigenvalue weighted by molar-refractivity contribution is -0.144. The van der Waals surface area contributed by atoms with Crippen molar-refractivity contribution in [1.29, 1.82) is 0 Å². The molecule has 7 nitrogen and oxygen atoms in total. The van der Waals surface area contributed by atoms with Crippen LogP contribution in [0.25, 0.3) is 0 Å². The van der Waals surface area contributed by atoms with Crippen LogP contribution in [0.2, 0.25) is 0 Å². The number of aryl methyl sites for hydroxylation is 2. The molecule has 0 saturated carbocycles. The van der Waals surface area contributed by atoms with E-state index in [0.29, 0.717) is 13.0 Å². The minimum absolute atomic E-state index is 0.0507. The van der Waals surface area contributed by atoms with Crippen molar-refractivity contribution in [2.75, 3.05) is 31.6 Å². The van der Waals surface area contributed by atoms with Crippen LogP contribution in [0, 0.1) is 25.7 Å². The van der Waals surface area contributed by atoms with Crippen molar-refractivity contribution in [3.05, 3.63) is 90.5 Å². The second kappa shape index (κ2) is 12.0. The van der Waals surface area contributed by atoms with E-state index in [9.17, 15) is 14.7 Å². The quantitative estimate of drug-likeness (QED) is 0.299. The fourth-order valence-electron chi connectivity index (χ4n) is 7.33. The Morgan fingerprint density at radius 1 is 1.10 bits per heavy atom. The van der Waals surface area contributed by atoms with Gasteiger partial charge in [-0.2, -0.15) is 0 Å². The molecule has 1 N–H and O–H groups in total. The third-order valence-corrected chi connectivity index (χ3v) is 12.2. The standard InChI is InChI=1S/C33H38BrN3O4S/c1-6-16-35(5)30(39)25-26-31(40)37(24(19-38)22-14-9-8-10-15-22)29(33(26)18-23(34)28(25)42-33)32(41)36(17-7-2)27-20(3)12-11-13-21(27)4/h6-15,23-26,28-29,38H,1-2,16-19H2,3-5H3/t23?,24-,25+,26+,28+,29?,33?/m1/s1. The van der Waals surface area contributed by atoms with E-state index < -0.39 is 28.7 Å². The van der Waals surface area contributed by atoms with Crippen molar-refractivity contribution in [2.45, 2.75) is 47.2 Å². The highest BCUT2D eigenvalue weighted by atomic mass is 79.9. The van der Waals surface area contributed by atoms with Gasteiger partial charge in [-0.15, -0.1) is 24.9 Å². The Morgan fingerprint density at radius 3 is 2.33 bits per heavy atom. The van der Waals surface area contributed by atoms with Crippen LogP contribution in [0.3, 0.4) is 0 Å². The first kappa shape index (κ1) is 30.6. The number of rotatable bonds is 10. The van der Waals surface area contributed by atoms with E-state index in [4.69, 9.17) is 0 Å². The number of fused-ring (bicyclic) bond motifs is 1. The van der Waals surface area contributed by atoms with Gasteiger partial charge in [0.15, 0.2) is 0 Å². The van der Waals surface area contributed by atoms with E-state index in [1.807, 2.05) is 62.4 Å². The Morgan fingerprint density at radius 2 is 1.74 bits per heavy atom. The van der Waals surface area contributed by atoms with E-state index >= 15 is 4.79 Å². The number of benzene rings is 2. The molecule has 3 aliphatic heterocycles. The molecule has 3 unspecified atom stereocenters. The monoisotopic (exact) mass is 651 g/mol. The minimum Gasteiger partial charge on any atom is -0.394 e.